The largest absolute Gasteiger partial charge is 0.398 e. The fourth-order valence-electron chi connectivity index (χ4n) is 4.21. The van der Waals surface area contributed by atoms with E-state index in [1.165, 1.54) is 27.1 Å². The fraction of sp³-hybridized carbons (Fsp3) is 0.120. The van der Waals surface area contributed by atoms with Crippen LogP contribution >= 0.6 is 0 Å². The maximum absolute atomic E-state index is 6.67. The summed E-state index contributed by atoms with van der Waals surface area (Å²) in [5.41, 5.74) is 18.1. The van der Waals surface area contributed by atoms with E-state index in [0.29, 0.717) is 5.92 Å². The lowest BCUT2D eigenvalue weighted by Crippen LogP contribution is -1.96. The fourth-order valence-corrected chi connectivity index (χ4v) is 4.21. The molecule has 0 saturated heterocycles. The minimum absolute atomic E-state index is 0.521. The number of anilines is 2. The second-order valence-corrected chi connectivity index (χ2v) is 7.69. The Balaban J connectivity index is 1.84. The first-order valence-corrected chi connectivity index (χ1v) is 9.40. The van der Waals surface area contributed by atoms with E-state index in [4.69, 9.17) is 11.5 Å². The predicted molar refractivity (Wildman–Crippen MR) is 118 cm³/mol. The maximum atomic E-state index is 6.67. The third-order valence-electron chi connectivity index (χ3n) is 5.75. The van der Waals surface area contributed by atoms with Gasteiger partial charge in [-0.3, -0.25) is 0 Å². The first kappa shape index (κ1) is 16.0. The Morgan fingerprint density at radius 2 is 1.30 bits per heavy atom. The lowest BCUT2D eigenvalue weighted by molar-refractivity contribution is 0.867. The van der Waals surface area contributed by atoms with Crippen molar-refractivity contribution in [3.05, 3.63) is 72.3 Å². The van der Waals surface area contributed by atoms with Crippen molar-refractivity contribution in [3.63, 3.8) is 0 Å². The first-order valence-electron chi connectivity index (χ1n) is 9.40. The molecule has 27 heavy (non-hydrogen) atoms. The highest BCUT2D eigenvalue weighted by atomic mass is 14.6. The Morgan fingerprint density at radius 1 is 0.667 bits per heavy atom. The van der Waals surface area contributed by atoms with Crippen LogP contribution in [-0.2, 0) is 0 Å². The molecule has 0 aliphatic carbocycles. The van der Waals surface area contributed by atoms with Crippen LogP contribution in [0.1, 0.15) is 25.3 Å². The maximum Gasteiger partial charge on any atom is 0.0474 e. The molecular weight excluding hydrogens is 328 g/mol. The summed E-state index contributed by atoms with van der Waals surface area (Å²) in [7, 11) is 0. The summed E-state index contributed by atoms with van der Waals surface area (Å²) >= 11 is 0. The second kappa shape index (κ2) is 5.62. The Kier molecular flexibility index (Phi) is 3.32. The van der Waals surface area contributed by atoms with Gasteiger partial charge in [0.05, 0.1) is 0 Å². The molecule has 0 radical (unpaired) electrons. The summed E-state index contributed by atoms with van der Waals surface area (Å²) in [6.07, 6.45) is 0. The molecule has 0 aromatic heterocycles. The van der Waals surface area contributed by atoms with Gasteiger partial charge in [-0.2, -0.15) is 0 Å². The van der Waals surface area contributed by atoms with Gasteiger partial charge in [-0.1, -0.05) is 68.4 Å². The van der Waals surface area contributed by atoms with E-state index in [1.54, 1.807) is 0 Å². The Labute approximate surface area is 158 Å². The van der Waals surface area contributed by atoms with Crippen LogP contribution in [0.4, 0.5) is 11.4 Å². The molecule has 5 rings (SSSR count). The van der Waals surface area contributed by atoms with E-state index in [2.05, 4.69) is 74.5 Å². The summed E-state index contributed by atoms with van der Waals surface area (Å²) in [5, 5.41) is 7.01. The van der Waals surface area contributed by atoms with Crippen molar-refractivity contribution in [1.82, 2.24) is 0 Å². The smallest absolute Gasteiger partial charge is 0.0474 e. The van der Waals surface area contributed by atoms with Crippen molar-refractivity contribution >= 4 is 43.7 Å². The van der Waals surface area contributed by atoms with Gasteiger partial charge in [0.25, 0.3) is 0 Å². The topological polar surface area (TPSA) is 52.0 Å². The molecule has 0 amide bonds. The summed E-state index contributed by atoms with van der Waals surface area (Å²) in [4.78, 5) is 0. The number of rotatable bonds is 2. The molecule has 0 spiro atoms. The SMILES string of the molecule is CC(C)c1ccc(-c2cc3ccc4c(N)ccc5ccc(c2N)c3c54)cc1. The van der Waals surface area contributed by atoms with Crippen molar-refractivity contribution < 1.29 is 0 Å². The number of hydrogen-bond acceptors (Lipinski definition) is 2. The lowest BCUT2D eigenvalue weighted by atomic mass is 9.89. The van der Waals surface area contributed by atoms with Crippen molar-refractivity contribution in [3.8, 4) is 11.1 Å². The summed E-state index contributed by atoms with van der Waals surface area (Å²) in [6, 6.07) is 23.6. The van der Waals surface area contributed by atoms with Gasteiger partial charge in [-0.15, -0.1) is 0 Å². The Bertz CT molecular complexity index is 1300. The Hall–Kier alpha value is -3.26. The number of benzene rings is 5. The molecule has 0 aliphatic heterocycles. The van der Waals surface area contributed by atoms with Crippen LogP contribution < -0.4 is 11.5 Å². The standard InChI is InChI=1S/C25H22N2/c1-14(2)15-3-5-16(6-4-15)21-13-18-8-10-19-22(26)12-9-17-7-11-20(25(21)27)24(18)23(17)19/h3-14H,26-27H2,1-2H3. The molecule has 0 heterocycles. The van der Waals surface area contributed by atoms with Gasteiger partial charge in [-0.25, -0.2) is 0 Å². The van der Waals surface area contributed by atoms with E-state index >= 15 is 0 Å². The van der Waals surface area contributed by atoms with Crippen LogP contribution in [0.25, 0.3) is 43.4 Å². The molecule has 0 aliphatic rings. The molecule has 2 heteroatoms. The van der Waals surface area contributed by atoms with Crippen LogP contribution in [0.3, 0.4) is 0 Å². The van der Waals surface area contributed by atoms with Gasteiger partial charge >= 0.3 is 0 Å². The van der Waals surface area contributed by atoms with Crippen LogP contribution in [-0.4, -0.2) is 0 Å². The molecule has 0 bridgehead atoms. The van der Waals surface area contributed by atoms with Crippen molar-refractivity contribution in [2.24, 2.45) is 0 Å². The van der Waals surface area contributed by atoms with Crippen LogP contribution in [0, 0.1) is 0 Å². The van der Waals surface area contributed by atoms with Crippen molar-refractivity contribution in [1.29, 1.82) is 0 Å². The van der Waals surface area contributed by atoms with E-state index in [9.17, 15) is 0 Å². The number of nitrogen functional groups attached to an aromatic ring is 2. The second-order valence-electron chi connectivity index (χ2n) is 7.69. The molecule has 5 aromatic rings. The molecule has 0 fully saturated rings. The number of hydrogen-bond donors (Lipinski definition) is 2. The third-order valence-corrected chi connectivity index (χ3v) is 5.75. The minimum Gasteiger partial charge on any atom is -0.398 e. The number of nitrogens with two attached hydrogens (primary N) is 2. The van der Waals surface area contributed by atoms with Crippen LogP contribution in [0.15, 0.2) is 66.7 Å². The lowest BCUT2D eigenvalue weighted by Gasteiger charge is -2.17. The zero-order valence-electron chi connectivity index (χ0n) is 15.6. The average molecular weight is 350 g/mol. The van der Waals surface area contributed by atoms with Gasteiger partial charge in [0.1, 0.15) is 0 Å². The van der Waals surface area contributed by atoms with Gasteiger partial charge in [0, 0.05) is 27.7 Å². The molecule has 4 N–H and O–H groups in total. The van der Waals surface area contributed by atoms with Gasteiger partial charge < -0.3 is 11.5 Å². The summed E-state index contributed by atoms with van der Waals surface area (Å²) < 4.78 is 0. The highest BCUT2D eigenvalue weighted by Crippen LogP contribution is 2.42. The molecule has 2 nitrogen and oxygen atoms in total. The molecule has 0 saturated carbocycles. The first-order chi connectivity index (χ1) is 13.0. The molecule has 0 atom stereocenters. The van der Waals surface area contributed by atoms with Crippen LogP contribution in [0.5, 0.6) is 0 Å². The van der Waals surface area contributed by atoms with Crippen LogP contribution in [0.2, 0.25) is 0 Å². The molecular formula is C25H22N2. The Morgan fingerprint density at radius 3 is 2.04 bits per heavy atom. The van der Waals surface area contributed by atoms with E-state index in [0.717, 1.165) is 33.3 Å². The van der Waals surface area contributed by atoms with Crippen molar-refractivity contribution in [2.45, 2.75) is 19.8 Å². The monoisotopic (exact) mass is 350 g/mol. The normalized spacial score (nSPS) is 12.0. The summed E-state index contributed by atoms with van der Waals surface area (Å²) in [6.45, 7) is 4.42. The minimum atomic E-state index is 0.521. The van der Waals surface area contributed by atoms with E-state index < -0.39 is 0 Å². The van der Waals surface area contributed by atoms with E-state index in [1.807, 2.05) is 6.07 Å². The van der Waals surface area contributed by atoms with Gasteiger partial charge in [0.15, 0.2) is 0 Å². The highest BCUT2D eigenvalue weighted by Gasteiger charge is 2.15. The summed E-state index contributed by atoms with van der Waals surface area (Å²) in [5.74, 6) is 0.521. The molecule has 5 aromatic carbocycles. The van der Waals surface area contributed by atoms with E-state index in [-0.39, 0.29) is 0 Å². The predicted octanol–water partition coefficient (Wildman–Crippen LogP) is 6.54. The third kappa shape index (κ3) is 2.26. The van der Waals surface area contributed by atoms with Gasteiger partial charge in [-0.05, 0) is 50.7 Å². The highest BCUT2D eigenvalue weighted by molar-refractivity contribution is 6.28. The zero-order valence-corrected chi connectivity index (χ0v) is 15.6. The zero-order chi connectivity index (χ0) is 18.7. The average Bonchev–Trinajstić information content (AvgIpc) is 2.69. The molecule has 132 valence electrons. The molecule has 0 unspecified atom stereocenters. The quantitative estimate of drug-likeness (QED) is 0.280. The van der Waals surface area contributed by atoms with Crippen molar-refractivity contribution in [2.75, 3.05) is 11.5 Å². The van der Waals surface area contributed by atoms with Gasteiger partial charge in [0.2, 0.25) is 0 Å².